The summed E-state index contributed by atoms with van der Waals surface area (Å²) < 4.78 is 8.10. The number of hydrogen-bond donors (Lipinski definition) is 1. The number of β-amino-alcohol motifs (C(OH)–C–C–N with tert-alkyl or cyclic N) is 1. The minimum Gasteiger partial charge on any atom is -0.491 e. The van der Waals surface area contributed by atoms with Gasteiger partial charge in [0.1, 0.15) is 18.5 Å². The summed E-state index contributed by atoms with van der Waals surface area (Å²) in [4.78, 5) is 2.32. The fourth-order valence-corrected chi connectivity index (χ4v) is 3.77. The molecule has 4 nitrogen and oxygen atoms in total. The lowest BCUT2D eigenvalue weighted by molar-refractivity contribution is 0.0453. The number of aliphatic hydroxyl groups excluding tert-OH is 1. The molecule has 3 aromatic rings. The molecule has 0 bridgehead atoms. The number of ether oxygens (including phenoxy) is 1. The maximum Gasteiger partial charge on any atom is 0.119 e. The highest BCUT2D eigenvalue weighted by Gasteiger charge is 2.25. The Morgan fingerprint density at radius 2 is 1.70 bits per heavy atom. The predicted molar refractivity (Wildman–Crippen MR) is 108 cm³/mol. The highest BCUT2D eigenvalue weighted by Crippen LogP contribution is 2.25. The number of rotatable bonds is 6. The van der Waals surface area contributed by atoms with E-state index >= 15 is 0 Å². The van der Waals surface area contributed by atoms with E-state index in [0.717, 1.165) is 24.4 Å². The lowest BCUT2D eigenvalue weighted by atomic mass is 10.1. The van der Waals surface area contributed by atoms with Gasteiger partial charge in [-0.15, -0.1) is 0 Å². The molecule has 0 saturated heterocycles. The van der Waals surface area contributed by atoms with Crippen LogP contribution in [0.25, 0.3) is 11.1 Å². The molecule has 27 heavy (non-hydrogen) atoms. The molecule has 4 rings (SSSR count). The molecule has 1 N–H and O–H groups in total. The Labute approximate surface area is 160 Å². The van der Waals surface area contributed by atoms with Gasteiger partial charge in [-0.05, 0) is 42.3 Å². The van der Waals surface area contributed by atoms with Gasteiger partial charge in [0.25, 0.3) is 0 Å². The van der Waals surface area contributed by atoms with Gasteiger partial charge in [0.05, 0.1) is 0 Å². The normalized spacial score (nSPS) is 18.1. The van der Waals surface area contributed by atoms with Crippen LogP contribution in [0, 0.1) is 0 Å². The maximum absolute atomic E-state index is 10.4. The quantitative estimate of drug-likeness (QED) is 0.721. The number of nitrogens with zero attached hydrogens (tertiary/aromatic N) is 2. The summed E-state index contributed by atoms with van der Waals surface area (Å²) in [5.41, 5.74) is 3.66. The highest BCUT2D eigenvalue weighted by atomic mass is 16.5. The van der Waals surface area contributed by atoms with Gasteiger partial charge in [-0.2, -0.15) is 0 Å². The summed E-state index contributed by atoms with van der Waals surface area (Å²) in [6.07, 6.45) is 1.62. The zero-order valence-corrected chi connectivity index (χ0v) is 15.7. The lowest BCUT2D eigenvalue weighted by Crippen LogP contribution is -2.42. The molecule has 2 atom stereocenters. The molecule has 0 unspecified atom stereocenters. The molecule has 0 spiro atoms. The predicted octanol–water partition coefficient (Wildman–Crippen LogP) is 3.97. The Bertz CT molecular complexity index is 858. The second kappa shape index (κ2) is 7.99. The van der Waals surface area contributed by atoms with Gasteiger partial charge in [0.15, 0.2) is 0 Å². The Morgan fingerprint density at radius 3 is 2.48 bits per heavy atom. The van der Waals surface area contributed by atoms with E-state index in [-0.39, 0.29) is 0 Å². The van der Waals surface area contributed by atoms with Gasteiger partial charge in [-0.25, -0.2) is 0 Å². The van der Waals surface area contributed by atoms with E-state index in [1.54, 1.807) is 0 Å². The van der Waals surface area contributed by atoms with E-state index in [1.807, 2.05) is 30.3 Å². The summed E-state index contributed by atoms with van der Waals surface area (Å²) >= 11 is 0. The number of benzene rings is 2. The standard InChI is InChI=1S/C23H26N2O2/c1-18-23-8-5-13-24(23)14-15-25(18)16-21(26)17-27-22-11-9-20(10-12-22)19-6-3-2-4-7-19/h2-13,18,21,26H,14-17H2,1H3/t18-,21-/m0/s1. The van der Waals surface area contributed by atoms with Crippen molar-refractivity contribution in [3.8, 4) is 16.9 Å². The Morgan fingerprint density at radius 1 is 0.963 bits per heavy atom. The Kier molecular flexibility index (Phi) is 5.28. The van der Waals surface area contributed by atoms with E-state index in [4.69, 9.17) is 4.74 Å². The van der Waals surface area contributed by atoms with Crippen LogP contribution >= 0.6 is 0 Å². The number of aromatic nitrogens is 1. The van der Waals surface area contributed by atoms with Gasteiger partial charge < -0.3 is 14.4 Å². The Balaban J connectivity index is 1.30. The summed E-state index contributed by atoms with van der Waals surface area (Å²) in [6.45, 7) is 5.04. The lowest BCUT2D eigenvalue weighted by Gasteiger charge is -2.36. The molecule has 4 heteroatoms. The molecule has 1 aliphatic heterocycles. The van der Waals surface area contributed by atoms with Crippen LogP contribution in [0.4, 0.5) is 0 Å². The van der Waals surface area contributed by atoms with Crippen LogP contribution in [-0.4, -0.2) is 40.4 Å². The molecule has 0 amide bonds. The van der Waals surface area contributed by atoms with Crippen LogP contribution in [0.2, 0.25) is 0 Å². The van der Waals surface area contributed by atoms with E-state index in [1.165, 1.54) is 11.3 Å². The molecule has 1 aliphatic rings. The molecule has 0 radical (unpaired) electrons. The van der Waals surface area contributed by atoms with Crippen LogP contribution in [0.5, 0.6) is 5.75 Å². The van der Waals surface area contributed by atoms with Gasteiger partial charge in [-0.3, -0.25) is 4.90 Å². The van der Waals surface area contributed by atoms with Gasteiger partial charge >= 0.3 is 0 Å². The second-order valence-corrected chi connectivity index (χ2v) is 7.15. The van der Waals surface area contributed by atoms with Gasteiger partial charge in [0, 0.05) is 37.6 Å². The van der Waals surface area contributed by atoms with E-state index in [2.05, 4.69) is 59.0 Å². The van der Waals surface area contributed by atoms with E-state index < -0.39 is 6.10 Å². The third-order valence-corrected chi connectivity index (χ3v) is 5.32. The van der Waals surface area contributed by atoms with Crippen molar-refractivity contribution < 1.29 is 9.84 Å². The summed E-state index contributed by atoms with van der Waals surface area (Å²) in [5.74, 6) is 0.786. The van der Waals surface area contributed by atoms with Crippen molar-refractivity contribution in [2.75, 3.05) is 19.7 Å². The molecule has 140 valence electrons. The molecule has 0 aliphatic carbocycles. The number of hydrogen-bond acceptors (Lipinski definition) is 3. The SMILES string of the molecule is C[C@H]1c2cccn2CCN1C[C@H](O)COc1ccc(-c2ccccc2)cc1. The second-order valence-electron chi connectivity index (χ2n) is 7.15. The smallest absolute Gasteiger partial charge is 0.119 e. The minimum atomic E-state index is -0.511. The van der Waals surface area contributed by atoms with Crippen molar-refractivity contribution in [3.63, 3.8) is 0 Å². The Hall–Kier alpha value is -2.56. The summed E-state index contributed by atoms with van der Waals surface area (Å²) in [5, 5.41) is 10.4. The average Bonchev–Trinajstić information content (AvgIpc) is 3.19. The van der Waals surface area contributed by atoms with Crippen molar-refractivity contribution in [2.24, 2.45) is 0 Å². The molecule has 1 aromatic heterocycles. The fraction of sp³-hybridized carbons (Fsp3) is 0.304. The molecule has 0 fully saturated rings. The highest BCUT2D eigenvalue weighted by molar-refractivity contribution is 5.63. The largest absolute Gasteiger partial charge is 0.491 e. The molecule has 0 saturated carbocycles. The average molecular weight is 362 g/mol. The molecular weight excluding hydrogens is 336 g/mol. The van der Waals surface area contributed by atoms with Crippen molar-refractivity contribution in [1.82, 2.24) is 9.47 Å². The third kappa shape index (κ3) is 4.07. The van der Waals surface area contributed by atoms with Crippen molar-refractivity contribution in [3.05, 3.63) is 78.6 Å². The first-order valence-electron chi connectivity index (χ1n) is 9.56. The molecular formula is C23H26N2O2. The number of aliphatic hydroxyl groups is 1. The monoisotopic (exact) mass is 362 g/mol. The first-order valence-corrected chi connectivity index (χ1v) is 9.56. The van der Waals surface area contributed by atoms with Crippen molar-refractivity contribution in [2.45, 2.75) is 25.6 Å². The first-order chi connectivity index (χ1) is 13.2. The fourth-order valence-electron chi connectivity index (χ4n) is 3.77. The maximum atomic E-state index is 10.4. The zero-order valence-electron chi connectivity index (χ0n) is 15.7. The van der Waals surface area contributed by atoms with Crippen LogP contribution in [-0.2, 0) is 6.54 Å². The summed E-state index contributed by atoms with van der Waals surface area (Å²) in [7, 11) is 0. The summed E-state index contributed by atoms with van der Waals surface area (Å²) in [6, 6.07) is 22.9. The van der Waals surface area contributed by atoms with Crippen molar-refractivity contribution in [1.29, 1.82) is 0 Å². The topological polar surface area (TPSA) is 37.6 Å². The molecule has 2 aromatic carbocycles. The third-order valence-electron chi connectivity index (χ3n) is 5.32. The van der Waals surface area contributed by atoms with Crippen LogP contribution in [0.15, 0.2) is 72.9 Å². The zero-order chi connectivity index (χ0) is 18.6. The van der Waals surface area contributed by atoms with Gasteiger partial charge in [0.2, 0.25) is 0 Å². The first kappa shape index (κ1) is 17.8. The molecule has 2 heterocycles. The van der Waals surface area contributed by atoms with Crippen molar-refractivity contribution >= 4 is 0 Å². The van der Waals surface area contributed by atoms with Crippen LogP contribution in [0.3, 0.4) is 0 Å². The van der Waals surface area contributed by atoms with Gasteiger partial charge in [-0.1, -0.05) is 42.5 Å². The van der Waals surface area contributed by atoms with Crippen LogP contribution in [0.1, 0.15) is 18.7 Å². The van der Waals surface area contributed by atoms with E-state index in [0.29, 0.717) is 19.2 Å². The number of fused-ring (bicyclic) bond motifs is 1. The van der Waals surface area contributed by atoms with Crippen LogP contribution < -0.4 is 4.74 Å². The minimum absolute atomic E-state index is 0.301. The van der Waals surface area contributed by atoms with E-state index in [9.17, 15) is 5.11 Å².